The van der Waals surface area contributed by atoms with E-state index in [1.165, 1.54) is 13.8 Å². The van der Waals surface area contributed by atoms with E-state index >= 15 is 0 Å². The topological polar surface area (TPSA) is 52.6 Å². The third-order valence-corrected chi connectivity index (χ3v) is 2.51. The van der Waals surface area contributed by atoms with Crippen LogP contribution in [-0.4, -0.2) is 24.6 Å². The highest BCUT2D eigenvalue weighted by Crippen LogP contribution is 2.01. The number of carbonyl (C=O) groups excluding carboxylic acids is 2. The summed E-state index contributed by atoms with van der Waals surface area (Å²) in [6, 6.07) is 0. The summed E-state index contributed by atoms with van der Waals surface area (Å²) in [5, 5.41) is 0. The number of esters is 2. The Bertz CT molecular complexity index is 222. The SMILES string of the molecule is CCC(C)COC(C)=O.CCC(CC)OC(C)=O. The fourth-order valence-electron chi connectivity index (χ4n) is 1.07. The maximum absolute atomic E-state index is 10.3. The Labute approximate surface area is 111 Å². The van der Waals surface area contributed by atoms with Crippen molar-refractivity contribution in [2.45, 2.75) is 66.9 Å². The molecule has 0 amide bonds. The quantitative estimate of drug-likeness (QED) is 0.687. The van der Waals surface area contributed by atoms with Crippen LogP contribution in [0.2, 0.25) is 0 Å². The van der Waals surface area contributed by atoms with Crippen molar-refractivity contribution in [2.24, 2.45) is 5.92 Å². The molecule has 0 aromatic rings. The number of hydrogen-bond donors (Lipinski definition) is 0. The minimum absolute atomic E-state index is 0.127. The van der Waals surface area contributed by atoms with Gasteiger partial charge in [0, 0.05) is 13.8 Å². The highest BCUT2D eigenvalue weighted by molar-refractivity contribution is 5.66. The normalized spacial score (nSPS) is 11.3. The molecule has 1 atom stereocenters. The molecule has 4 heteroatoms. The van der Waals surface area contributed by atoms with E-state index < -0.39 is 0 Å². The van der Waals surface area contributed by atoms with E-state index in [9.17, 15) is 9.59 Å². The zero-order chi connectivity index (χ0) is 14.6. The van der Waals surface area contributed by atoms with Crippen molar-refractivity contribution in [3.8, 4) is 0 Å². The van der Waals surface area contributed by atoms with Crippen molar-refractivity contribution in [3.63, 3.8) is 0 Å². The van der Waals surface area contributed by atoms with Crippen molar-refractivity contribution in [1.82, 2.24) is 0 Å². The molecular weight excluding hydrogens is 232 g/mol. The zero-order valence-corrected chi connectivity index (χ0v) is 12.6. The van der Waals surface area contributed by atoms with Crippen LogP contribution in [0.25, 0.3) is 0 Å². The lowest BCUT2D eigenvalue weighted by Gasteiger charge is -2.11. The number of hydrogen-bond acceptors (Lipinski definition) is 4. The van der Waals surface area contributed by atoms with Crippen LogP contribution in [0.5, 0.6) is 0 Å². The molecule has 4 nitrogen and oxygen atoms in total. The van der Waals surface area contributed by atoms with Crippen LogP contribution < -0.4 is 0 Å². The smallest absolute Gasteiger partial charge is 0.302 e. The van der Waals surface area contributed by atoms with E-state index in [4.69, 9.17) is 9.47 Å². The van der Waals surface area contributed by atoms with Gasteiger partial charge in [-0.1, -0.05) is 34.1 Å². The lowest BCUT2D eigenvalue weighted by Crippen LogP contribution is -2.13. The molecule has 18 heavy (non-hydrogen) atoms. The van der Waals surface area contributed by atoms with Gasteiger partial charge in [0.2, 0.25) is 0 Å². The fourth-order valence-corrected chi connectivity index (χ4v) is 1.07. The van der Waals surface area contributed by atoms with Crippen LogP contribution in [0.1, 0.15) is 60.8 Å². The minimum Gasteiger partial charge on any atom is -0.466 e. The number of ether oxygens (including phenoxy) is 2. The second-order valence-electron chi connectivity index (χ2n) is 4.36. The molecule has 0 aromatic carbocycles. The monoisotopic (exact) mass is 260 g/mol. The van der Waals surface area contributed by atoms with Gasteiger partial charge in [0.05, 0.1) is 6.61 Å². The van der Waals surface area contributed by atoms with Gasteiger partial charge in [0.1, 0.15) is 6.10 Å². The molecule has 0 spiro atoms. The van der Waals surface area contributed by atoms with Crippen LogP contribution in [0.15, 0.2) is 0 Å². The van der Waals surface area contributed by atoms with Crippen LogP contribution >= 0.6 is 0 Å². The Morgan fingerprint density at radius 1 is 0.944 bits per heavy atom. The van der Waals surface area contributed by atoms with Gasteiger partial charge in [-0.15, -0.1) is 0 Å². The predicted molar refractivity (Wildman–Crippen MR) is 72.2 cm³/mol. The van der Waals surface area contributed by atoms with Gasteiger partial charge in [0.15, 0.2) is 0 Å². The first-order valence-corrected chi connectivity index (χ1v) is 6.67. The molecule has 0 saturated carbocycles. The molecule has 0 bridgehead atoms. The average molecular weight is 260 g/mol. The molecule has 0 radical (unpaired) electrons. The largest absolute Gasteiger partial charge is 0.466 e. The van der Waals surface area contributed by atoms with E-state index in [2.05, 4.69) is 13.8 Å². The predicted octanol–water partition coefficient (Wildman–Crippen LogP) is 3.33. The summed E-state index contributed by atoms with van der Waals surface area (Å²) in [6.45, 7) is 11.6. The Morgan fingerprint density at radius 2 is 1.44 bits per heavy atom. The van der Waals surface area contributed by atoms with Gasteiger partial charge in [-0.25, -0.2) is 0 Å². The maximum atomic E-state index is 10.3. The third kappa shape index (κ3) is 14.9. The lowest BCUT2D eigenvalue weighted by molar-refractivity contribution is -0.146. The standard InChI is InChI=1S/2C7H14O2/c1-4-6(2)5-9-7(3)8;1-4-7(5-2)9-6(3)8/h6H,4-5H2,1-3H3;7H,4-5H2,1-3H3. The van der Waals surface area contributed by atoms with E-state index in [1.54, 1.807) is 0 Å². The van der Waals surface area contributed by atoms with Crippen LogP contribution in [0.4, 0.5) is 0 Å². The van der Waals surface area contributed by atoms with Gasteiger partial charge in [-0.2, -0.15) is 0 Å². The minimum atomic E-state index is -0.185. The second kappa shape index (κ2) is 12.4. The van der Waals surface area contributed by atoms with Crippen molar-refractivity contribution in [3.05, 3.63) is 0 Å². The van der Waals surface area contributed by atoms with Gasteiger partial charge in [-0.05, 0) is 18.8 Å². The summed E-state index contributed by atoms with van der Waals surface area (Å²) in [4.78, 5) is 20.6. The summed E-state index contributed by atoms with van der Waals surface area (Å²) in [6.07, 6.45) is 3.02. The van der Waals surface area contributed by atoms with Crippen molar-refractivity contribution >= 4 is 11.9 Å². The van der Waals surface area contributed by atoms with Gasteiger partial charge in [0.25, 0.3) is 0 Å². The Kier molecular flexibility index (Phi) is 13.3. The molecule has 0 N–H and O–H groups in total. The molecule has 0 aliphatic rings. The first kappa shape index (κ1) is 19.3. The van der Waals surface area contributed by atoms with E-state index in [1.807, 2.05) is 13.8 Å². The summed E-state index contributed by atoms with van der Waals surface area (Å²) in [5.74, 6) is 0.132. The molecule has 108 valence electrons. The molecule has 0 aliphatic heterocycles. The maximum Gasteiger partial charge on any atom is 0.302 e. The van der Waals surface area contributed by atoms with E-state index in [-0.39, 0.29) is 18.0 Å². The first-order valence-electron chi connectivity index (χ1n) is 6.67. The highest BCUT2D eigenvalue weighted by atomic mass is 16.5. The van der Waals surface area contributed by atoms with Crippen LogP contribution in [0, 0.1) is 5.92 Å². The van der Waals surface area contributed by atoms with E-state index in [0.29, 0.717) is 12.5 Å². The summed E-state index contributed by atoms with van der Waals surface area (Å²) in [5.41, 5.74) is 0. The van der Waals surface area contributed by atoms with Gasteiger partial charge < -0.3 is 9.47 Å². The molecule has 1 unspecified atom stereocenters. The molecular formula is C14H28O4. The molecule has 0 aliphatic carbocycles. The summed E-state index contributed by atoms with van der Waals surface area (Å²) >= 11 is 0. The molecule has 0 fully saturated rings. The second-order valence-corrected chi connectivity index (χ2v) is 4.36. The lowest BCUT2D eigenvalue weighted by atomic mass is 10.1. The Morgan fingerprint density at radius 3 is 1.67 bits per heavy atom. The summed E-state index contributed by atoms with van der Waals surface area (Å²) in [7, 11) is 0. The highest BCUT2D eigenvalue weighted by Gasteiger charge is 2.04. The van der Waals surface area contributed by atoms with Crippen molar-refractivity contribution in [1.29, 1.82) is 0 Å². The molecule has 0 rings (SSSR count). The number of rotatable bonds is 6. The Balaban J connectivity index is 0. The third-order valence-electron chi connectivity index (χ3n) is 2.51. The van der Waals surface area contributed by atoms with Gasteiger partial charge in [-0.3, -0.25) is 9.59 Å². The zero-order valence-electron chi connectivity index (χ0n) is 12.6. The average Bonchev–Trinajstić information content (AvgIpc) is 2.33. The fraction of sp³-hybridized carbons (Fsp3) is 0.857. The molecule has 0 aromatic heterocycles. The van der Waals surface area contributed by atoms with E-state index in [0.717, 1.165) is 19.3 Å². The van der Waals surface area contributed by atoms with Gasteiger partial charge >= 0.3 is 11.9 Å². The summed E-state index contributed by atoms with van der Waals surface area (Å²) < 4.78 is 9.67. The number of carbonyl (C=O) groups is 2. The first-order chi connectivity index (χ1) is 8.37. The molecule has 0 heterocycles. The Hall–Kier alpha value is -1.06. The van der Waals surface area contributed by atoms with Crippen LogP contribution in [0.3, 0.4) is 0 Å². The van der Waals surface area contributed by atoms with Crippen LogP contribution in [-0.2, 0) is 19.1 Å². The molecule has 0 saturated heterocycles. The van der Waals surface area contributed by atoms with Crippen molar-refractivity contribution < 1.29 is 19.1 Å². The van der Waals surface area contributed by atoms with Crippen molar-refractivity contribution in [2.75, 3.05) is 6.61 Å².